The van der Waals surface area contributed by atoms with E-state index in [4.69, 9.17) is 0 Å². The maximum atomic E-state index is 4.57. The summed E-state index contributed by atoms with van der Waals surface area (Å²) in [6.07, 6.45) is 0.966. The average Bonchev–Trinajstić information content (AvgIpc) is 2.61. The Balaban J connectivity index is 2.84. The number of halogens is 1. The van der Waals surface area contributed by atoms with Crippen molar-refractivity contribution < 1.29 is 0 Å². The van der Waals surface area contributed by atoms with Crippen molar-refractivity contribution in [3.05, 3.63) is 15.9 Å². The Hall–Kier alpha value is -0.390. The summed E-state index contributed by atoms with van der Waals surface area (Å²) in [5.74, 6) is 0. The highest BCUT2D eigenvalue weighted by molar-refractivity contribution is 9.10. The van der Waals surface area contributed by atoms with E-state index in [-0.39, 0.29) is 0 Å². The molecule has 0 aliphatic heterocycles. The molecule has 4 nitrogen and oxygen atoms in total. The fourth-order valence-electron chi connectivity index (χ4n) is 2.41. The van der Waals surface area contributed by atoms with Gasteiger partial charge in [-0.25, -0.2) is 0 Å². The quantitative estimate of drug-likeness (QED) is 0.767. The van der Waals surface area contributed by atoms with Crippen LogP contribution in [0.15, 0.2) is 4.47 Å². The van der Waals surface area contributed by atoms with Crippen LogP contribution in [0.25, 0.3) is 0 Å². The van der Waals surface area contributed by atoms with Crippen molar-refractivity contribution >= 4 is 15.9 Å². The predicted molar refractivity (Wildman–Crippen MR) is 84.4 cm³/mol. The zero-order valence-electron chi connectivity index (χ0n) is 13.1. The molecule has 0 aliphatic carbocycles. The Kier molecular flexibility index (Phi) is 6.50. The van der Waals surface area contributed by atoms with Gasteiger partial charge in [-0.2, -0.15) is 5.10 Å². The summed E-state index contributed by atoms with van der Waals surface area (Å²) in [5, 5.41) is 4.57. The van der Waals surface area contributed by atoms with Crippen LogP contribution in [0.2, 0.25) is 0 Å². The van der Waals surface area contributed by atoms with Gasteiger partial charge < -0.3 is 4.90 Å². The smallest absolute Gasteiger partial charge is 0.0767 e. The maximum Gasteiger partial charge on any atom is 0.0767 e. The van der Waals surface area contributed by atoms with Gasteiger partial charge in [0.15, 0.2) is 0 Å². The van der Waals surface area contributed by atoms with E-state index in [1.807, 2.05) is 11.7 Å². The molecule has 0 aliphatic rings. The van der Waals surface area contributed by atoms with Crippen molar-refractivity contribution in [2.45, 2.75) is 39.8 Å². The fraction of sp³-hybridized carbons (Fsp3) is 0.786. The summed E-state index contributed by atoms with van der Waals surface area (Å²) in [6, 6.07) is 0.534. The van der Waals surface area contributed by atoms with Crippen LogP contribution < -0.4 is 0 Å². The SMILES string of the molecule is CCc1nn(C)c(CN(CC)C(C)CN(C)C)c1Br. The first kappa shape index (κ1) is 16.7. The molecule has 5 heteroatoms. The molecule has 0 bridgehead atoms. The number of rotatable bonds is 7. The van der Waals surface area contributed by atoms with Crippen molar-refractivity contribution in [1.29, 1.82) is 0 Å². The van der Waals surface area contributed by atoms with E-state index in [2.05, 4.69) is 65.7 Å². The van der Waals surface area contributed by atoms with E-state index in [9.17, 15) is 0 Å². The van der Waals surface area contributed by atoms with E-state index in [1.165, 1.54) is 10.2 Å². The molecule has 0 saturated carbocycles. The molecule has 0 N–H and O–H groups in total. The number of hydrogen-bond donors (Lipinski definition) is 0. The molecule has 0 amide bonds. The molecule has 110 valence electrons. The second-order valence-corrected chi connectivity index (χ2v) is 6.15. The summed E-state index contributed by atoms with van der Waals surface area (Å²) in [5.41, 5.74) is 2.41. The highest BCUT2D eigenvalue weighted by Crippen LogP contribution is 2.23. The van der Waals surface area contributed by atoms with E-state index < -0.39 is 0 Å². The van der Waals surface area contributed by atoms with Crippen LogP contribution in [0.3, 0.4) is 0 Å². The molecule has 0 spiro atoms. The lowest BCUT2D eigenvalue weighted by Crippen LogP contribution is -2.39. The Morgan fingerprint density at radius 3 is 2.37 bits per heavy atom. The lowest BCUT2D eigenvalue weighted by atomic mass is 10.2. The van der Waals surface area contributed by atoms with Crippen molar-refractivity contribution in [2.24, 2.45) is 7.05 Å². The summed E-state index contributed by atoms with van der Waals surface area (Å²) < 4.78 is 3.18. The Morgan fingerprint density at radius 2 is 1.95 bits per heavy atom. The third-order valence-corrected chi connectivity index (χ3v) is 4.43. The molecule has 0 saturated heterocycles. The molecule has 0 fully saturated rings. The molecular formula is C14H27BrN4. The maximum absolute atomic E-state index is 4.57. The zero-order valence-corrected chi connectivity index (χ0v) is 14.7. The van der Waals surface area contributed by atoms with E-state index in [0.29, 0.717) is 6.04 Å². The first-order valence-corrected chi connectivity index (χ1v) is 7.78. The van der Waals surface area contributed by atoms with Gasteiger partial charge in [0.05, 0.1) is 15.9 Å². The van der Waals surface area contributed by atoms with Crippen LogP contribution in [0.5, 0.6) is 0 Å². The van der Waals surface area contributed by atoms with E-state index in [1.54, 1.807) is 0 Å². The van der Waals surface area contributed by atoms with Gasteiger partial charge in [-0.1, -0.05) is 13.8 Å². The molecule has 19 heavy (non-hydrogen) atoms. The monoisotopic (exact) mass is 330 g/mol. The van der Waals surface area contributed by atoms with Crippen LogP contribution in [0, 0.1) is 0 Å². The minimum absolute atomic E-state index is 0.534. The van der Waals surface area contributed by atoms with Gasteiger partial charge in [0.2, 0.25) is 0 Å². The molecule has 1 aromatic rings. The number of aryl methyl sites for hydroxylation is 2. The molecule has 1 rings (SSSR count). The van der Waals surface area contributed by atoms with Crippen LogP contribution in [0.1, 0.15) is 32.2 Å². The molecular weight excluding hydrogens is 304 g/mol. The summed E-state index contributed by atoms with van der Waals surface area (Å²) >= 11 is 3.70. The van der Waals surface area contributed by atoms with Gasteiger partial charge in [-0.05, 0) is 49.9 Å². The Labute approximate surface area is 125 Å². The van der Waals surface area contributed by atoms with Gasteiger partial charge >= 0.3 is 0 Å². The van der Waals surface area contributed by atoms with Crippen molar-refractivity contribution in [1.82, 2.24) is 19.6 Å². The number of nitrogens with zero attached hydrogens (tertiary/aromatic N) is 4. The number of aromatic nitrogens is 2. The van der Waals surface area contributed by atoms with Crippen LogP contribution in [-0.4, -0.2) is 52.8 Å². The molecule has 0 aromatic carbocycles. The van der Waals surface area contributed by atoms with Gasteiger partial charge in [0.25, 0.3) is 0 Å². The van der Waals surface area contributed by atoms with Crippen LogP contribution in [-0.2, 0) is 20.0 Å². The third kappa shape index (κ3) is 4.29. The van der Waals surface area contributed by atoms with Gasteiger partial charge in [-0.15, -0.1) is 0 Å². The third-order valence-electron chi connectivity index (χ3n) is 3.51. The number of hydrogen-bond acceptors (Lipinski definition) is 3. The number of likely N-dealkylation sites (N-methyl/N-ethyl adjacent to an activating group) is 2. The predicted octanol–water partition coefficient (Wildman–Crippen LogP) is 2.52. The van der Waals surface area contributed by atoms with Crippen molar-refractivity contribution in [2.75, 3.05) is 27.2 Å². The fourth-order valence-corrected chi connectivity index (χ4v) is 3.15. The van der Waals surface area contributed by atoms with Gasteiger partial charge in [0, 0.05) is 26.2 Å². The first-order valence-electron chi connectivity index (χ1n) is 6.99. The molecule has 1 atom stereocenters. The van der Waals surface area contributed by atoms with Crippen molar-refractivity contribution in [3.63, 3.8) is 0 Å². The summed E-state index contributed by atoms with van der Waals surface area (Å²) in [7, 11) is 6.28. The second kappa shape index (κ2) is 7.41. The normalized spacial score (nSPS) is 13.5. The highest BCUT2D eigenvalue weighted by Gasteiger charge is 2.19. The van der Waals surface area contributed by atoms with Crippen molar-refractivity contribution in [3.8, 4) is 0 Å². The van der Waals surface area contributed by atoms with Crippen LogP contribution in [0.4, 0.5) is 0 Å². The zero-order chi connectivity index (χ0) is 14.6. The standard InChI is InChI=1S/C14H27BrN4/c1-7-12-14(15)13(18(6)16-12)10-19(8-2)11(3)9-17(4)5/h11H,7-10H2,1-6H3. The lowest BCUT2D eigenvalue weighted by Gasteiger charge is -2.30. The largest absolute Gasteiger partial charge is 0.308 e. The minimum atomic E-state index is 0.534. The van der Waals surface area contributed by atoms with Crippen LogP contribution >= 0.6 is 15.9 Å². The summed E-state index contributed by atoms with van der Waals surface area (Å²) in [4.78, 5) is 4.73. The molecule has 1 heterocycles. The lowest BCUT2D eigenvalue weighted by molar-refractivity contribution is 0.170. The Bertz CT molecular complexity index is 400. The van der Waals surface area contributed by atoms with E-state index in [0.717, 1.165) is 31.7 Å². The average molecular weight is 331 g/mol. The van der Waals surface area contributed by atoms with Gasteiger partial charge in [-0.3, -0.25) is 9.58 Å². The highest BCUT2D eigenvalue weighted by atomic mass is 79.9. The minimum Gasteiger partial charge on any atom is -0.308 e. The molecule has 1 unspecified atom stereocenters. The first-order chi connectivity index (χ1) is 8.90. The topological polar surface area (TPSA) is 24.3 Å². The van der Waals surface area contributed by atoms with E-state index >= 15 is 0 Å². The Morgan fingerprint density at radius 1 is 1.32 bits per heavy atom. The van der Waals surface area contributed by atoms with Gasteiger partial charge in [0.1, 0.15) is 0 Å². The molecule has 1 aromatic heterocycles. The summed E-state index contributed by atoms with van der Waals surface area (Å²) in [6.45, 7) is 9.71. The second-order valence-electron chi connectivity index (χ2n) is 5.36. The molecule has 0 radical (unpaired) electrons.